The number of ether oxygens (including phenoxy) is 1. The fourth-order valence-corrected chi connectivity index (χ4v) is 1.76. The smallest absolute Gasteiger partial charge is 0.326 e. The van der Waals surface area contributed by atoms with Crippen LogP contribution in [0.5, 0.6) is 0 Å². The number of carbonyl (C=O) groups is 3. The zero-order valence-electron chi connectivity index (χ0n) is 11.9. The quantitative estimate of drug-likeness (QED) is 0.722. The predicted molar refractivity (Wildman–Crippen MR) is 73.5 cm³/mol. The van der Waals surface area contributed by atoms with Crippen molar-refractivity contribution in [3.63, 3.8) is 0 Å². The largest absolute Gasteiger partial charge is 0.480 e. The van der Waals surface area contributed by atoms with Crippen LogP contribution in [0.3, 0.4) is 0 Å². The molecule has 1 aromatic heterocycles. The lowest BCUT2D eigenvalue weighted by Gasteiger charge is -2.20. The first-order valence-corrected chi connectivity index (χ1v) is 6.56. The number of esters is 1. The van der Waals surface area contributed by atoms with Crippen molar-refractivity contribution in [1.82, 2.24) is 10.3 Å². The number of amides is 1. The number of hydrogen-bond donors (Lipinski definition) is 2. The Kier molecular flexibility index (Phi) is 6.32. The number of carbonyl (C=O) groups excluding carboxylic acids is 2. The second kappa shape index (κ2) is 7.98. The van der Waals surface area contributed by atoms with Crippen LogP contribution in [0, 0.1) is 5.92 Å². The number of carboxylic acids is 1. The fourth-order valence-electron chi connectivity index (χ4n) is 1.76. The molecule has 0 radical (unpaired) electrons. The molecular weight excluding hydrogens is 276 g/mol. The molecule has 7 heteroatoms. The number of aromatic nitrogens is 1. The van der Waals surface area contributed by atoms with Crippen LogP contribution < -0.4 is 5.32 Å². The van der Waals surface area contributed by atoms with Crippen LogP contribution in [0.15, 0.2) is 24.4 Å². The van der Waals surface area contributed by atoms with Gasteiger partial charge in [0.2, 0.25) is 0 Å². The third kappa shape index (κ3) is 5.21. The van der Waals surface area contributed by atoms with Crippen molar-refractivity contribution >= 4 is 17.8 Å². The molecule has 0 aliphatic rings. The summed E-state index contributed by atoms with van der Waals surface area (Å²) in [6.45, 7) is 3.46. The average Bonchev–Trinajstić information content (AvgIpc) is 2.45. The van der Waals surface area contributed by atoms with Crippen molar-refractivity contribution < 1.29 is 24.2 Å². The van der Waals surface area contributed by atoms with Crippen molar-refractivity contribution in [2.24, 2.45) is 5.92 Å². The van der Waals surface area contributed by atoms with Gasteiger partial charge in [-0.25, -0.2) is 4.79 Å². The summed E-state index contributed by atoms with van der Waals surface area (Å²) in [5.74, 6) is -2.91. The molecule has 7 nitrogen and oxygen atoms in total. The van der Waals surface area contributed by atoms with Crippen LogP contribution >= 0.6 is 0 Å². The summed E-state index contributed by atoms with van der Waals surface area (Å²) in [5.41, 5.74) is 0.118. The lowest BCUT2D eigenvalue weighted by atomic mass is 9.98. The highest BCUT2D eigenvalue weighted by atomic mass is 16.5. The number of nitrogens with zero attached hydrogens (tertiary/aromatic N) is 1. The molecule has 1 amide bonds. The third-order valence-corrected chi connectivity index (χ3v) is 2.81. The minimum atomic E-state index is -1.21. The molecule has 1 heterocycles. The van der Waals surface area contributed by atoms with E-state index < -0.39 is 29.8 Å². The summed E-state index contributed by atoms with van der Waals surface area (Å²) in [6.07, 6.45) is 1.35. The lowest BCUT2D eigenvalue weighted by Crippen LogP contribution is -2.46. The van der Waals surface area contributed by atoms with Crippen molar-refractivity contribution in [2.75, 3.05) is 6.61 Å². The van der Waals surface area contributed by atoms with Crippen LogP contribution in [-0.4, -0.2) is 40.6 Å². The molecule has 0 unspecified atom stereocenters. The van der Waals surface area contributed by atoms with E-state index in [1.807, 2.05) is 0 Å². The second-order valence-electron chi connectivity index (χ2n) is 4.49. The highest BCUT2D eigenvalue weighted by molar-refractivity contribution is 5.95. The maximum atomic E-state index is 11.9. The van der Waals surface area contributed by atoms with Gasteiger partial charge in [-0.15, -0.1) is 0 Å². The van der Waals surface area contributed by atoms with E-state index in [2.05, 4.69) is 10.3 Å². The molecule has 21 heavy (non-hydrogen) atoms. The van der Waals surface area contributed by atoms with Crippen molar-refractivity contribution in [3.8, 4) is 0 Å². The maximum absolute atomic E-state index is 11.9. The molecule has 0 aliphatic carbocycles. The minimum absolute atomic E-state index is 0.0900. The van der Waals surface area contributed by atoms with Gasteiger partial charge in [-0.2, -0.15) is 0 Å². The zero-order valence-corrected chi connectivity index (χ0v) is 11.9. The number of nitrogens with one attached hydrogen (secondary N) is 1. The predicted octanol–water partition coefficient (Wildman–Crippen LogP) is 0.854. The van der Waals surface area contributed by atoms with E-state index in [0.29, 0.717) is 0 Å². The number of rotatable bonds is 7. The summed E-state index contributed by atoms with van der Waals surface area (Å²) in [7, 11) is 0. The Labute approximate surface area is 122 Å². The van der Waals surface area contributed by atoms with E-state index in [1.54, 1.807) is 26.0 Å². The Hall–Kier alpha value is -2.44. The lowest BCUT2D eigenvalue weighted by molar-refractivity contribution is -0.145. The molecule has 1 aromatic rings. The van der Waals surface area contributed by atoms with Crippen molar-refractivity contribution in [3.05, 3.63) is 30.1 Å². The molecule has 114 valence electrons. The van der Waals surface area contributed by atoms with Crippen molar-refractivity contribution in [2.45, 2.75) is 26.3 Å². The normalized spacial score (nSPS) is 13.0. The summed E-state index contributed by atoms with van der Waals surface area (Å²) >= 11 is 0. The van der Waals surface area contributed by atoms with Gasteiger partial charge in [-0.1, -0.05) is 13.0 Å². The number of aliphatic carboxylic acids is 1. The summed E-state index contributed by atoms with van der Waals surface area (Å²) < 4.78 is 4.78. The number of hydrogen-bond acceptors (Lipinski definition) is 5. The van der Waals surface area contributed by atoms with E-state index in [1.165, 1.54) is 12.3 Å². The Morgan fingerprint density at radius 3 is 2.62 bits per heavy atom. The van der Waals surface area contributed by atoms with E-state index in [4.69, 9.17) is 4.74 Å². The van der Waals surface area contributed by atoms with Gasteiger partial charge in [-0.3, -0.25) is 14.6 Å². The van der Waals surface area contributed by atoms with Gasteiger partial charge in [0.1, 0.15) is 11.7 Å². The molecule has 1 rings (SSSR count). The maximum Gasteiger partial charge on any atom is 0.326 e. The van der Waals surface area contributed by atoms with Crippen LogP contribution in [0.25, 0.3) is 0 Å². The summed E-state index contributed by atoms with van der Waals surface area (Å²) in [4.78, 5) is 38.4. The van der Waals surface area contributed by atoms with Gasteiger partial charge >= 0.3 is 11.9 Å². The Morgan fingerprint density at radius 1 is 1.38 bits per heavy atom. The zero-order chi connectivity index (χ0) is 15.8. The SMILES string of the molecule is CCOC(=O)C[C@@H](C)[C@@H](NC(=O)c1ccccn1)C(=O)O. The molecule has 0 aliphatic heterocycles. The van der Waals surface area contributed by atoms with Gasteiger partial charge in [0.25, 0.3) is 5.91 Å². The molecule has 0 saturated carbocycles. The molecule has 0 spiro atoms. The summed E-state index contributed by atoms with van der Waals surface area (Å²) in [6, 6.07) is 3.56. The van der Waals surface area contributed by atoms with E-state index in [9.17, 15) is 19.5 Å². The van der Waals surface area contributed by atoms with Gasteiger partial charge in [-0.05, 0) is 25.0 Å². The fraction of sp³-hybridized carbons (Fsp3) is 0.429. The molecule has 2 atom stereocenters. The topological polar surface area (TPSA) is 106 Å². The monoisotopic (exact) mass is 294 g/mol. The molecule has 0 bridgehead atoms. The summed E-state index contributed by atoms with van der Waals surface area (Å²) in [5, 5.41) is 11.6. The highest BCUT2D eigenvalue weighted by Gasteiger charge is 2.29. The first-order chi connectivity index (χ1) is 9.95. The first-order valence-electron chi connectivity index (χ1n) is 6.56. The number of pyridine rings is 1. The highest BCUT2D eigenvalue weighted by Crippen LogP contribution is 2.11. The minimum Gasteiger partial charge on any atom is -0.480 e. The van der Waals surface area contributed by atoms with E-state index in [-0.39, 0.29) is 18.7 Å². The van der Waals surface area contributed by atoms with Gasteiger partial charge in [0.15, 0.2) is 0 Å². The second-order valence-corrected chi connectivity index (χ2v) is 4.49. The van der Waals surface area contributed by atoms with Crippen molar-refractivity contribution in [1.29, 1.82) is 0 Å². The van der Waals surface area contributed by atoms with Gasteiger partial charge < -0.3 is 15.2 Å². The van der Waals surface area contributed by atoms with Gasteiger partial charge in [0.05, 0.1) is 13.0 Å². The van der Waals surface area contributed by atoms with Crippen LogP contribution in [-0.2, 0) is 14.3 Å². The van der Waals surface area contributed by atoms with Crippen LogP contribution in [0.1, 0.15) is 30.8 Å². The average molecular weight is 294 g/mol. The standard InChI is InChI=1S/C14H18N2O5/c1-3-21-11(17)8-9(2)12(14(19)20)16-13(18)10-6-4-5-7-15-10/h4-7,9,12H,3,8H2,1-2H3,(H,16,18)(H,19,20)/t9-,12-/m1/s1. The van der Waals surface area contributed by atoms with Crippen LogP contribution in [0.4, 0.5) is 0 Å². The van der Waals surface area contributed by atoms with E-state index >= 15 is 0 Å². The third-order valence-electron chi connectivity index (χ3n) is 2.81. The molecule has 0 aromatic carbocycles. The molecular formula is C14H18N2O5. The molecule has 0 saturated heterocycles. The number of carboxylic acid groups (broad SMARTS) is 1. The Morgan fingerprint density at radius 2 is 2.10 bits per heavy atom. The first kappa shape index (κ1) is 16.6. The van der Waals surface area contributed by atoms with E-state index in [0.717, 1.165) is 0 Å². The Bertz CT molecular complexity index is 503. The van der Waals surface area contributed by atoms with Gasteiger partial charge in [0, 0.05) is 6.20 Å². The Balaban J connectivity index is 2.71. The molecule has 2 N–H and O–H groups in total. The molecule has 0 fully saturated rings. The van der Waals surface area contributed by atoms with Crippen LogP contribution in [0.2, 0.25) is 0 Å².